The fourth-order valence-electron chi connectivity index (χ4n) is 4.42. The van der Waals surface area contributed by atoms with Gasteiger partial charge in [-0.05, 0) is 49.1 Å². The first-order chi connectivity index (χ1) is 18.2. The zero-order chi connectivity index (χ0) is 27.5. The van der Waals surface area contributed by atoms with E-state index in [2.05, 4.69) is 0 Å². The van der Waals surface area contributed by atoms with E-state index in [0.717, 1.165) is 9.87 Å². The monoisotopic (exact) mass is 545 g/mol. The summed E-state index contributed by atoms with van der Waals surface area (Å²) < 4.78 is 45.3. The first kappa shape index (κ1) is 29.5. The fourth-order valence-corrected chi connectivity index (χ4v) is 5.45. The minimum atomic E-state index is -3.64. The Morgan fingerprint density at radius 3 is 2.45 bits per heavy atom. The molecule has 0 unspecified atom stereocenters. The largest absolute Gasteiger partial charge is 0.383 e. The van der Waals surface area contributed by atoms with Gasteiger partial charge in [-0.3, -0.25) is 9.59 Å². The molecule has 8 nitrogen and oxygen atoms in total. The predicted octanol–water partition coefficient (Wildman–Crippen LogP) is 3.16. The topological polar surface area (TPSA) is 87.2 Å². The van der Waals surface area contributed by atoms with Crippen molar-refractivity contribution >= 4 is 27.9 Å². The zero-order valence-corrected chi connectivity index (χ0v) is 22.8. The van der Waals surface area contributed by atoms with Gasteiger partial charge in [-0.1, -0.05) is 42.5 Å². The molecule has 0 spiro atoms. The van der Waals surface area contributed by atoms with Gasteiger partial charge in [-0.15, -0.1) is 0 Å². The lowest BCUT2D eigenvalue weighted by atomic mass is 10.0. The minimum absolute atomic E-state index is 0.0624. The van der Waals surface area contributed by atoms with E-state index in [1.807, 2.05) is 30.3 Å². The molecule has 0 aromatic heterocycles. The molecule has 3 rings (SSSR count). The number of amides is 2. The van der Waals surface area contributed by atoms with Gasteiger partial charge in [0.1, 0.15) is 5.82 Å². The highest BCUT2D eigenvalue weighted by Gasteiger charge is 2.32. The Labute approximate surface area is 224 Å². The van der Waals surface area contributed by atoms with Crippen LogP contribution < -0.4 is 0 Å². The molecule has 0 aliphatic carbocycles. The SMILES string of the molecule is CCS(=O)(=O)N(CCOC)CC(=O)N(Cc1cccc(F)c1)C1CCN(C(=O)/C=C/c2ccccc2)CC1. The van der Waals surface area contributed by atoms with E-state index in [1.54, 1.807) is 34.1 Å². The van der Waals surface area contributed by atoms with E-state index < -0.39 is 15.8 Å². The van der Waals surface area contributed by atoms with E-state index in [1.165, 1.54) is 26.2 Å². The van der Waals surface area contributed by atoms with Gasteiger partial charge in [0.25, 0.3) is 0 Å². The summed E-state index contributed by atoms with van der Waals surface area (Å²) in [6.45, 7) is 2.48. The van der Waals surface area contributed by atoms with E-state index in [9.17, 15) is 22.4 Å². The Kier molecular flexibility index (Phi) is 11.0. The lowest BCUT2D eigenvalue weighted by Crippen LogP contribution is -2.51. The molecular formula is C28H36FN3O5S. The number of carbonyl (C=O) groups is 2. The molecule has 0 saturated carbocycles. The number of ether oxygens (including phenoxy) is 1. The molecule has 0 bridgehead atoms. The van der Waals surface area contributed by atoms with Gasteiger partial charge in [0.15, 0.2) is 0 Å². The molecule has 1 saturated heterocycles. The van der Waals surface area contributed by atoms with Gasteiger partial charge < -0.3 is 14.5 Å². The number of hydrogen-bond acceptors (Lipinski definition) is 5. The highest BCUT2D eigenvalue weighted by atomic mass is 32.2. The third-order valence-electron chi connectivity index (χ3n) is 6.61. The molecule has 1 heterocycles. The zero-order valence-electron chi connectivity index (χ0n) is 22.0. The molecule has 1 aliphatic rings. The maximum Gasteiger partial charge on any atom is 0.246 e. The number of methoxy groups -OCH3 is 1. The van der Waals surface area contributed by atoms with Crippen LogP contribution in [0, 0.1) is 5.82 Å². The average Bonchev–Trinajstić information content (AvgIpc) is 2.93. The molecule has 2 amide bonds. The highest BCUT2D eigenvalue weighted by molar-refractivity contribution is 7.89. The molecule has 206 valence electrons. The van der Waals surface area contributed by atoms with Crippen LogP contribution in [0.4, 0.5) is 4.39 Å². The Bertz CT molecular complexity index is 1200. The molecule has 1 aliphatic heterocycles. The Morgan fingerprint density at radius 1 is 1.11 bits per heavy atom. The number of carbonyl (C=O) groups excluding carboxylic acids is 2. The number of piperidine rings is 1. The van der Waals surface area contributed by atoms with Crippen molar-refractivity contribution in [1.82, 2.24) is 14.1 Å². The third-order valence-corrected chi connectivity index (χ3v) is 8.44. The molecule has 0 radical (unpaired) electrons. The van der Waals surface area contributed by atoms with E-state index >= 15 is 0 Å². The van der Waals surface area contributed by atoms with Crippen LogP contribution in [0.5, 0.6) is 0 Å². The minimum Gasteiger partial charge on any atom is -0.383 e. The summed E-state index contributed by atoms with van der Waals surface area (Å²) in [7, 11) is -2.16. The van der Waals surface area contributed by atoms with Crippen LogP contribution in [0.2, 0.25) is 0 Å². The van der Waals surface area contributed by atoms with Crippen LogP contribution in [0.15, 0.2) is 60.7 Å². The van der Waals surface area contributed by atoms with Crippen molar-refractivity contribution < 1.29 is 27.1 Å². The molecule has 0 atom stereocenters. The first-order valence-electron chi connectivity index (χ1n) is 12.8. The Morgan fingerprint density at radius 2 is 1.82 bits per heavy atom. The Balaban J connectivity index is 1.73. The van der Waals surface area contributed by atoms with Crippen LogP contribution >= 0.6 is 0 Å². The molecule has 38 heavy (non-hydrogen) atoms. The average molecular weight is 546 g/mol. The summed E-state index contributed by atoms with van der Waals surface area (Å²) >= 11 is 0. The van der Waals surface area contributed by atoms with Crippen LogP contribution in [-0.4, -0.2) is 86.0 Å². The van der Waals surface area contributed by atoms with Gasteiger partial charge in [0.05, 0.1) is 18.9 Å². The number of rotatable bonds is 12. The highest BCUT2D eigenvalue weighted by Crippen LogP contribution is 2.21. The van der Waals surface area contributed by atoms with Gasteiger partial charge in [0.2, 0.25) is 21.8 Å². The fraction of sp³-hybridized carbons (Fsp3) is 0.429. The van der Waals surface area contributed by atoms with Crippen LogP contribution in [0.25, 0.3) is 6.08 Å². The summed E-state index contributed by atoms with van der Waals surface area (Å²) in [4.78, 5) is 29.6. The maximum atomic E-state index is 13.9. The van der Waals surface area contributed by atoms with Crippen molar-refractivity contribution in [2.24, 2.45) is 0 Å². The quantitative estimate of drug-likeness (QED) is 0.383. The smallest absolute Gasteiger partial charge is 0.246 e. The lowest BCUT2D eigenvalue weighted by Gasteiger charge is -2.39. The van der Waals surface area contributed by atoms with E-state index in [-0.39, 0.29) is 49.9 Å². The molecule has 2 aromatic rings. The molecule has 10 heteroatoms. The second-order valence-corrected chi connectivity index (χ2v) is 11.4. The summed E-state index contributed by atoms with van der Waals surface area (Å²) in [5.41, 5.74) is 1.55. The van der Waals surface area contributed by atoms with Gasteiger partial charge >= 0.3 is 0 Å². The molecular weight excluding hydrogens is 509 g/mol. The van der Waals surface area contributed by atoms with Crippen LogP contribution in [-0.2, 0) is 30.9 Å². The van der Waals surface area contributed by atoms with Crippen LogP contribution in [0.1, 0.15) is 30.9 Å². The number of nitrogens with zero attached hydrogens (tertiary/aromatic N) is 3. The van der Waals surface area contributed by atoms with Crippen molar-refractivity contribution in [2.75, 3.05) is 45.6 Å². The summed E-state index contributed by atoms with van der Waals surface area (Å²) in [5, 5.41) is 0. The third kappa shape index (κ3) is 8.47. The predicted molar refractivity (Wildman–Crippen MR) is 145 cm³/mol. The van der Waals surface area contributed by atoms with Gasteiger partial charge in [-0.2, -0.15) is 4.31 Å². The standard InChI is InChI=1S/C28H36FN3O5S/c1-3-38(35,36)31(18-19-37-2)22-28(34)32(21-24-10-7-11-25(29)20-24)26-14-16-30(17-15-26)27(33)13-12-23-8-5-4-6-9-23/h4-13,20,26H,3,14-19,21-22H2,1-2H3/b13-12+. The van der Waals surface area contributed by atoms with Crippen molar-refractivity contribution in [3.8, 4) is 0 Å². The van der Waals surface area contributed by atoms with E-state index in [0.29, 0.717) is 31.5 Å². The van der Waals surface area contributed by atoms with Crippen LogP contribution in [0.3, 0.4) is 0 Å². The summed E-state index contributed by atoms with van der Waals surface area (Å²) in [5.74, 6) is -1.01. The van der Waals surface area contributed by atoms with Crippen molar-refractivity contribution in [3.05, 3.63) is 77.6 Å². The number of hydrogen-bond donors (Lipinski definition) is 0. The second kappa shape index (κ2) is 14.2. The molecule has 2 aromatic carbocycles. The summed E-state index contributed by atoms with van der Waals surface area (Å²) in [6.07, 6.45) is 4.39. The van der Waals surface area contributed by atoms with Gasteiger partial charge in [0, 0.05) is 45.4 Å². The number of sulfonamides is 1. The van der Waals surface area contributed by atoms with Gasteiger partial charge in [-0.25, -0.2) is 12.8 Å². The Hall–Kier alpha value is -3.08. The van der Waals surface area contributed by atoms with Crippen molar-refractivity contribution in [3.63, 3.8) is 0 Å². The first-order valence-corrected chi connectivity index (χ1v) is 14.4. The second-order valence-electron chi connectivity index (χ2n) is 9.18. The number of halogens is 1. The normalized spacial score (nSPS) is 14.8. The number of likely N-dealkylation sites (tertiary alicyclic amines) is 1. The number of benzene rings is 2. The maximum absolute atomic E-state index is 13.9. The van der Waals surface area contributed by atoms with E-state index in [4.69, 9.17) is 4.74 Å². The van der Waals surface area contributed by atoms with Crippen molar-refractivity contribution in [1.29, 1.82) is 0 Å². The lowest BCUT2D eigenvalue weighted by molar-refractivity contribution is -0.136. The molecule has 0 N–H and O–H groups in total. The molecule has 1 fully saturated rings. The summed E-state index contributed by atoms with van der Waals surface area (Å²) in [6, 6.07) is 15.4. The van der Waals surface area contributed by atoms with Crippen molar-refractivity contribution in [2.45, 2.75) is 32.4 Å².